The molecule has 4 N–H and O–H groups in total. The molecule has 0 radical (unpaired) electrons. The number of hydrogen-bond donors (Lipinski definition) is 3. The number of hydrogen-bond acceptors (Lipinski definition) is 5. The van der Waals surface area contributed by atoms with Crippen molar-refractivity contribution in [1.29, 1.82) is 0 Å². The Hall–Kier alpha value is -1.72. The van der Waals surface area contributed by atoms with Crippen LogP contribution in [0.4, 0.5) is 23.0 Å². The summed E-state index contributed by atoms with van der Waals surface area (Å²) >= 11 is 12.0. The molecule has 5 nitrogen and oxygen atoms in total. The fourth-order valence-electron chi connectivity index (χ4n) is 2.94. The topological polar surface area (TPSA) is 75.9 Å². The van der Waals surface area contributed by atoms with Crippen LogP contribution in [0.15, 0.2) is 24.5 Å². The van der Waals surface area contributed by atoms with Gasteiger partial charge in [-0.05, 0) is 31.0 Å². The average molecular weight is 366 g/mol. The highest BCUT2D eigenvalue weighted by atomic mass is 35.5. The lowest BCUT2D eigenvalue weighted by molar-refractivity contribution is 0.618. The highest BCUT2D eigenvalue weighted by molar-refractivity contribution is 6.42. The minimum absolute atomic E-state index is 0.419. The first-order chi connectivity index (χ1) is 11.6. The summed E-state index contributed by atoms with van der Waals surface area (Å²) in [6, 6.07) is 5.72. The first-order valence-electron chi connectivity index (χ1n) is 8.22. The molecule has 0 spiro atoms. The lowest BCUT2D eigenvalue weighted by Crippen LogP contribution is -2.20. The smallest absolute Gasteiger partial charge is 0.159 e. The summed E-state index contributed by atoms with van der Waals surface area (Å²) in [6.07, 6.45) is 8.92. The first kappa shape index (κ1) is 17.1. The molecule has 1 heterocycles. The SMILES string of the molecule is Nc1c(Nc2ccc(Cl)c(Cl)c2)ncnc1NC1CCCCCC1. The Morgan fingerprint density at radius 3 is 2.38 bits per heavy atom. The molecule has 3 rings (SSSR count). The van der Waals surface area contributed by atoms with E-state index in [0.717, 1.165) is 18.5 Å². The van der Waals surface area contributed by atoms with Gasteiger partial charge in [-0.15, -0.1) is 0 Å². The fourth-order valence-corrected chi connectivity index (χ4v) is 3.24. The van der Waals surface area contributed by atoms with Crippen molar-refractivity contribution < 1.29 is 0 Å². The highest BCUT2D eigenvalue weighted by Gasteiger charge is 2.15. The van der Waals surface area contributed by atoms with Crippen molar-refractivity contribution in [2.75, 3.05) is 16.4 Å². The highest BCUT2D eigenvalue weighted by Crippen LogP contribution is 2.31. The van der Waals surface area contributed by atoms with E-state index in [9.17, 15) is 0 Å². The third-order valence-electron chi connectivity index (χ3n) is 4.26. The summed E-state index contributed by atoms with van der Waals surface area (Å²) in [6.45, 7) is 0. The van der Waals surface area contributed by atoms with Gasteiger partial charge in [0, 0.05) is 11.7 Å². The van der Waals surface area contributed by atoms with Crippen molar-refractivity contribution in [3.05, 3.63) is 34.6 Å². The second-order valence-electron chi connectivity index (χ2n) is 6.07. The number of nitrogen functional groups attached to an aromatic ring is 1. The van der Waals surface area contributed by atoms with E-state index >= 15 is 0 Å². The van der Waals surface area contributed by atoms with Gasteiger partial charge in [-0.1, -0.05) is 48.9 Å². The third kappa shape index (κ3) is 4.22. The van der Waals surface area contributed by atoms with Crippen molar-refractivity contribution in [3.8, 4) is 0 Å². The molecular formula is C17H21Cl2N5. The van der Waals surface area contributed by atoms with Gasteiger partial charge in [-0.3, -0.25) is 0 Å². The van der Waals surface area contributed by atoms with Gasteiger partial charge in [0.05, 0.1) is 10.0 Å². The van der Waals surface area contributed by atoms with Crippen molar-refractivity contribution in [3.63, 3.8) is 0 Å². The largest absolute Gasteiger partial charge is 0.393 e. The van der Waals surface area contributed by atoms with E-state index in [1.807, 2.05) is 6.07 Å². The molecule has 1 saturated carbocycles. The van der Waals surface area contributed by atoms with Crippen LogP contribution in [0.5, 0.6) is 0 Å². The van der Waals surface area contributed by atoms with Gasteiger partial charge >= 0.3 is 0 Å². The van der Waals surface area contributed by atoms with E-state index < -0.39 is 0 Å². The summed E-state index contributed by atoms with van der Waals surface area (Å²) in [5.41, 5.74) is 7.53. The van der Waals surface area contributed by atoms with E-state index in [4.69, 9.17) is 28.9 Å². The molecule has 24 heavy (non-hydrogen) atoms. The normalized spacial score (nSPS) is 15.8. The number of benzene rings is 1. The Bertz CT molecular complexity index is 699. The Balaban J connectivity index is 1.75. The second-order valence-corrected chi connectivity index (χ2v) is 6.89. The second kappa shape index (κ2) is 7.90. The number of halogens is 2. The van der Waals surface area contributed by atoms with E-state index in [1.165, 1.54) is 32.0 Å². The Kier molecular flexibility index (Phi) is 5.63. The van der Waals surface area contributed by atoms with Crippen LogP contribution in [0, 0.1) is 0 Å². The van der Waals surface area contributed by atoms with Crippen LogP contribution in [-0.4, -0.2) is 16.0 Å². The quantitative estimate of drug-likeness (QED) is 0.645. The molecule has 0 atom stereocenters. The lowest BCUT2D eigenvalue weighted by Gasteiger charge is -2.19. The zero-order valence-electron chi connectivity index (χ0n) is 13.4. The van der Waals surface area contributed by atoms with Gasteiger partial charge in [-0.25, -0.2) is 9.97 Å². The molecule has 0 saturated heterocycles. The van der Waals surface area contributed by atoms with E-state index in [0.29, 0.717) is 33.4 Å². The Morgan fingerprint density at radius 1 is 0.958 bits per heavy atom. The van der Waals surface area contributed by atoms with Gasteiger partial charge in [0.25, 0.3) is 0 Å². The van der Waals surface area contributed by atoms with Gasteiger partial charge in [0.15, 0.2) is 11.6 Å². The molecule has 1 aliphatic rings. The predicted octanol–water partition coefficient (Wildman–Crippen LogP) is 5.24. The molecule has 1 aromatic carbocycles. The standard InChI is InChI=1S/C17H21Cl2N5/c18-13-8-7-12(9-14(13)19)24-17-15(20)16(21-10-22-17)23-11-5-3-1-2-4-6-11/h7-11H,1-6,20H2,(H2,21,22,23,24). The minimum Gasteiger partial charge on any atom is -0.393 e. The summed E-state index contributed by atoms with van der Waals surface area (Å²) in [5.74, 6) is 1.24. The molecular weight excluding hydrogens is 345 g/mol. The number of nitrogens with two attached hydrogens (primary N) is 1. The predicted molar refractivity (Wildman–Crippen MR) is 101 cm³/mol. The van der Waals surface area contributed by atoms with Crippen LogP contribution in [0.3, 0.4) is 0 Å². The maximum atomic E-state index is 6.25. The van der Waals surface area contributed by atoms with Gasteiger partial charge in [0.1, 0.15) is 12.0 Å². The van der Waals surface area contributed by atoms with Gasteiger partial charge in [0.2, 0.25) is 0 Å². The zero-order chi connectivity index (χ0) is 16.9. The number of anilines is 4. The van der Waals surface area contributed by atoms with Gasteiger partial charge < -0.3 is 16.4 Å². The molecule has 1 aromatic heterocycles. The molecule has 0 bridgehead atoms. The van der Waals surface area contributed by atoms with Crippen molar-refractivity contribution in [2.45, 2.75) is 44.6 Å². The summed E-state index contributed by atoms with van der Waals surface area (Å²) in [7, 11) is 0. The van der Waals surface area contributed by atoms with Crippen LogP contribution >= 0.6 is 23.2 Å². The van der Waals surface area contributed by atoms with Crippen LogP contribution in [0.2, 0.25) is 10.0 Å². The molecule has 128 valence electrons. The molecule has 0 amide bonds. The number of rotatable bonds is 4. The Morgan fingerprint density at radius 2 is 1.67 bits per heavy atom. The summed E-state index contributed by atoms with van der Waals surface area (Å²) in [4.78, 5) is 8.54. The number of nitrogens with one attached hydrogen (secondary N) is 2. The maximum absolute atomic E-state index is 6.25. The van der Waals surface area contributed by atoms with Crippen molar-refractivity contribution in [2.24, 2.45) is 0 Å². The average Bonchev–Trinajstić information content (AvgIpc) is 2.83. The molecule has 2 aromatic rings. The summed E-state index contributed by atoms with van der Waals surface area (Å²) in [5, 5.41) is 7.63. The van der Waals surface area contributed by atoms with Crippen LogP contribution in [-0.2, 0) is 0 Å². The number of nitrogens with zero attached hydrogens (tertiary/aromatic N) is 2. The molecule has 0 unspecified atom stereocenters. The monoisotopic (exact) mass is 365 g/mol. The lowest BCUT2D eigenvalue weighted by atomic mass is 10.1. The minimum atomic E-state index is 0.419. The number of aromatic nitrogens is 2. The van der Waals surface area contributed by atoms with E-state index in [-0.39, 0.29) is 0 Å². The molecule has 7 heteroatoms. The van der Waals surface area contributed by atoms with Gasteiger partial charge in [-0.2, -0.15) is 0 Å². The molecule has 0 aliphatic heterocycles. The van der Waals surface area contributed by atoms with Crippen LogP contribution < -0.4 is 16.4 Å². The fraction of sp³-hybridized carbons (Fsp3) is 0.412. The van der Waals surface area contributed by atoms with Crippen molar-refractivity contribution in [1.82, 2.24) is 9.97 Å². The molecule has 1 aliphatic carbocycles. The van der Waals surface area contributed by atoms with Crippen LogP contribution in [0.25, 0.3) is 0 Å². The van der Waals surface area contributed by atoms with E-state index in [2.05, 4.69) is 20.6 Å². The Labute approximate surface area is 152 Å². The van der Waals surface area contributed by atoms with Crippen LogP contribution in [0.1, 0.15) is 38.5 Å². The first-order valence-corrected chi connectivity index (χ1v) is 8.98. The molecule has 1 fully saturated rings. The van der Waals surface area contributed by atoms with Crippen molar-refractivity contribution >= 4 is 46.2 Å². The third-order valence-corrected chi connectivity index (χ3v) is 5.00. The maximum Gasteiger partial charge on any atom is 0.159 e. The summed E-state index contributed by atoms with van der Waals surface area (Å²) < 4.78 is 0. The zero-order valence-corrected chi connectivity index (χ0v) is 14.9. The van der Waals surface area contributed by atoms with E-state index in [1.54, 1.807) is 12.1 Å².